The van der Waals surface area contributed by atoms with Gasteiger partial charge >= 0.3 is 0 Å². The number of anilines is 1. The Bertz CT molecular complexity index is 1070. The first kappa shape index (κ1) is 20.0. The third-order valence-corrected chi connectivity index (χ3v) is 5.03. The quantitative estimate of drug-likeness (QED) is 0.615. The predicted octanol–water partition coefficient (Wildman–Crippen LogP) is 2.16. The number of aromatic amines is 1. The van der Waals surface area contributed by atoms with Crippen LogP contribution in [0.4, 0.5) is 19.1 Å². The van der Waals surface area contributed by atoms with Crippen LogP contribution in [0, 0.1) is 23.4 Å². The molecule has 30 heavy (non-hydrogen) atoms. The van der Waals surface area contributed by atoms with Gasteiger partial charge in [0.25, 0.3) is 5.95 Å². The second-order valence-corrected chi connectivity index (χ2v) is 6.98. The van der Waals surface area contributed by atoms with Crippen LogP contribution in [0.5, 0.6) is 0 Å². The molecule has 1 amide bonds. The Kier molecular flexibility index (Phi) is 5.44. The van der Waals surface area contributed by atoms with Crippen LogP contribution in [0.25, 0.3) is 11.4 Å². The molecule has 0 spiro atoms. The summed E-state index contributed by atoms with van der Waals surface area (Å²) in [5, 5.41) is 23.7. The van der Waals surface area contributed by atoms with E-state index in [2.05, 4.69) is 25.4 Å². The summed E-state index contributed by atoms with van der Waals surface area (Å²) in [4.78, 5) is 18.7. The molecule has 1 saturated heterocycles. The molecule has 1 unspecified atom stereocenters. The van der Waals surface area contributed by atoms with E-state index >= 15 is 0 Å². The number of benzene rings is 1. The maximum Gasteiger partial charge on any atom is 0.251 e. The summed E-state index contributed by atoms with van der Waals surface area (Å²) in [6, 6.07) is 1.81. The number of hydrogen-bond acceptors (Lipinski definition) is 6. The Hall–Kier alpha value is -3.34. The predicted molar refractivity (Wildman–Crippen MR) is 98.4 cm³/mol. The van der Waals surface area contributed by atoms with Crippen molar-refractivity contribution < 1.29 is 23.1 Å². The molecule has 0 radical (unpaired) electrons. The maximum atomic E-state index is 13.5. The highest BCUT2D eigenvalue weighted by atomic mass is 19.2. The summed E-state index contributed by atoms with van der Waals surface area (Å²) in [6.45, 7) is 0.122. The number of amides is 1. The van der Waals surface area contributed by atoms with Gasteiger partial charge in [-0.15, -0.1) is 5.10 Å². The molecule has 1 aromatic carbocycles. The SMILES string of the molecule is O=C1C(Cc2cc(F)c(F)c(F)c2)CCCN1c1n[nH]c(-c2cnncc2CO)n1. The third kappa shape index (κ3) is 3.75. The Morgan fingerprint density at radius 3 is 2.63 bits per heavy atom. The number of aromatic nitrogens is 5. The summed E-state index contributed by atoms with van der Waals surface area (Å²) in [5.41, 5.74) is 1.21. The van der Waals surface area contributed by atoms with Crippen LogP contribution in [-0.2, 0) is 17.8 Å². The van der Waals surface area contributed by atoms with Gasteiger partial charge in [-0.1, -0.05) is 0 Å². The lowest BCUT2D eigenvalue weighted by molar-refractivity contribution is -0.123. The van der Waals surface area contributed by atoms with E-state index in [9.17, 15) is 23.1 Å². The number of rotatable bonds is 5. The average molecular weight is 418 g/mol. The molecule has 156 valence electrons. The smallest absolute Gasteiger partial charge is 0.251 e. The summed E-state index contributed by atoms with van der Waals surface area (Å²) in [5.74, 6) is -4.45. The second-order valence-electron chi connectivity index (χ2n) is 6.98. The van der Waals surface area contributed by atoms with Crippen molar-refractivity contribution >= 4 is 11.9 Å². The van der Waals surface area contributed by atoms with Crippen LogP contribution in [0.1, 0.15) is 24.0 Å². The molecule has 3 aromatic rings. The molecule has 1 atom stereocenters. The molecule has 4 rings (SSSR count). The largest absolute Gasteiger partial charge is 0.392 e. The lowest BCUT2D eigenvalue weighted by Gasteiger charge is -2.30. The van der Waals surface area contributed by atoms with Gasteiger partial charge in [-0.25, -0.2) is 13.2 Å². The number of aliphatic hydroxyl groups is 1. The first-order chi connectivity index (χ1) is 14.5. The first-order valence-corrected chi connectivity index (χ1v) is 9.26. The number of nitrogens with zero attached hydrogens (tertiary/aromatic N) is 5. The molecule has 0 saturated carbocycles. The highest BCUT2D eigenvalue weighted by Gasteiger charge is 2.32. The Morgan fingerprint density at radius 2 is 1.90 bits per heavy atom. The van der Waals surface area contributed by atoms with Crippen LogP contribution in [0.15, 0.2) is 24.5 Å². The highest BCUT2D eigenvalue weighted by Crippen LogP contribution is 2.27. The fraction of sp³-hybridized carbons (Fsp3) is 0.316. The van der Waals surface area contributed by atoms with Crippen molar-refractivity contribution in [1.29, 1.82) is 0 Å². The zero-order valence-electron chi connectivity index (χ0n) is 15.6. The number of aliphatic hydroxyl groups excluding tert-OH is 1. The molecule has 2 N–H and O–H groups in total. The van der Waals surface area contributed by atoms with Crippen molar-refractivity contribution in [3.05, 3.63) is 53.1 Å². The molecule has 3 heterocycles. The van der Waals surface area contributed by atoms with E-state index in [0.717, 1.165) is 12.1 Å². The molecule has 1 fully saturated rings. The number of hydrogen-bond donors (Lipinski definition) is 2. The van der Waals surface area contributed by atoms with Gasteiger partial charge in [0.1, 0.15) is 0 Å². The minimum atomic E-state index is -1.53. The Labute approximate surface area is 168 Å². The van der Waals surface area contributed by atoms with E-state index < -0.39 is 23.4 Å². The fourth-order valence-corrected chi connectivity index (χ4v) is 3.53. The normalized spacial score (nSPS) is 16.9. The first-order valence-electron chi connectivity index (χ1n) is 9.26. The molecular weight excluding hydrogens is 401 g/mol. The molecular formula is C19H17F3N6O2. The highest BCUT2D eigenvalue weighted by molar-refractivity contribution is 5.94. The van der Waals surface area contributed by atoms with E-state index in [1.165, 1.54) is 17.3 Å². The van der Waals surface area contributed by atoms with Crippen LogP contribution >= 0.6 is 0 Å². The lowest BCUT2D eigenvalue weighted by atomic mass is 9.90. The average Bonchev–Trinajstić information content (AvgIpc) is 3.23. The van der Waals surface area contributed by atoms with Crippen molar-refractivity contribution in [3.63, 3.8) is 0 Å². The van der Waals surface area contributed by atoms with Gasteiger partial charge in [0.05, 0.1) is 19.0 Å². The number of piperidine rings is 1. The van der Waals surface area contributed by atoms with Crippen molar-refractivity contribution in [1.82, 2.24) is 25.4 Å². The third-order valence-electron chi connectivity index (χ3n) is 5.03. The number of halogens is 3. The zero-order chi connectivity index (χ0) is 21.3. The number of carbonyl (C=O) groups excluding carboxylic acids is 1. The summed E-state index contributed by atoms with van der Waals surface area (Å²) < 4.78 is 40.2. The standard InChI is InChI=1S/C19H17F3N6O2/c20-14-5-10(6-15(21)16(14)22)4-11-2-1-3-28(18(11)30)19-25-17(26-27-19)13-8-24-23-7-12(13)9-29/h5-8,11,29H,1-4,9H2,(H,25,26,27). The Morgan fingerprint density at radius 1 is 1.17 bits per heavy atom. The van der Waals surface area contributed by atoms with Gasteiger partial charge in [-0.05, 0) is 37.0 Å². The van der Waals surface area contributed by atoms with Gasteiger partial charge in [-0.2, -0.15) is 15.2 Å². The van der Waals surface area contributed by atoms with Gasteiger partial charge < -0.3 is 5.11 Å². The molecule has 8 nitrogen and oxygen atoms in total. The Balaban J connectivity index is 1.55. The van der Waals surface area contributed by atoms with Gasteiger partial charge in [-0.3, -0.25) is 14.8 Å². The number of carbonyl (C=O) groups is 1. The molecule has 11 heteroatoms. The zero-order valence-corrected chi connectivity index (χ0v) is 15.6. The number of nitrogens with one attached hydrogen (secondary N) is 1. The van der Waals surface area contributed by atoms with Crippen molar-refractivity contribution in [3.8, 4) is 11.4 Å². The molecule has 0 aliphatic carbocycles. The van der Waals surface area contributed by atoms with Crippen LogP contribution in [0.3, 0.4) is 0 Å². The monoisotopic (exact) mass is 418 g/mol. The van der Waals surface area contributed by atoms with E-state index in [1.807, 2.05) is 0 Å². The van der Waals surface area contributed by atoms with Crippen molar-refractivity contribution in [2.24, 2.45) is 5.92 Å². The fourth-order valence-electron chi connectivity index (χ4n) is 3.53. The van der Waals surface area contributed by atoms with Crippen LogP contribution in [-0.4, -0.2) is 42.9 Å². The van der Waals surface area contributed by atoms with Crippen molar-refractivity contribution in [2.75, 3.05) is 11.4 Å². The van der Waals surface area contributed by atoms with Gasteiger partial charge in [0.15, 0.2) is 23.3 Å². The maximum absolute atomic E-state index is 13.5. The van der Waals surface area contributed by atoms with Crippen molar-refractivity contribution in [2.45, 2.75) is 25.9 Å². The molecule has 0 bridgehead atoms. The van der Waals surface area contributed by atoms with Crippen LogP contribution in [0.2, 0.25) is 0 Å². The van der Waals surface area contributed by atoms with E-state index in [1.54, 1.807) is 0 Å². The summed E-state index contributed by atoms with van der Waals surface area (Å²) in [6.07, 6.45) is 4.07. The number of H-pyrrole nitrogens is 1. The topological polar surface area (TPSA) is 108 Å². The van der Waals surface area contributed by atoms with E-state index in [-0.39, 0.29) is 30.4 Å². The van der Waals surface area contributed by atoms with Gasteiger partial charge in [0.2, 0.25) is 5.91 Å². The molecule has 1 aliphatic rings. The summed E-state index contributed by atoms with van der Waals surface area (Å²) >= 11 is 0. The summed E-state index contributed by atoms with van der Waals surface area (Å²) in [7, 11) is 0. The second kappa shape index (κ2) is 8.19. The molecule has 2 aromatic heterocycles. The van der Waals surface area contributed by atoms with E-state index in [4.69, 9.17) is 0 Å². The lowest BCUT2D eigenvalue weighted by Crippen LogP contribution is -2.42. The van der Waals surface area contributed by atoms with Gasteiger partial charge in [0, 0.05) is 23.6 Å². The minimum Gasteiger partial charge on any atom is -0.392 e. The van der Waals surface area contributed by atoms with Crippen LogP contribution < -0.4 is 4.90 Å². The minimum absolute atomic E-state index is 0.0731. The van der Waals surface area contributed by atoms with E-state index in [0.29, 0.717) is 36.3 Å². The molecule has 1 aliphatic heterocycles.